The van der Waals surface area contributed by atoms with Crippen LogP contribution in [0.2, 0.25) is 0 Å². The van der Waals surface area contributed by atoms with E-state index in [1.165, 1.54) is 5.56 Å². The third kappa shape index (κ3) is 11.7. The summed E-state index contributed by atoms with van der Waals surface area (Å²) in [6.07, 6.45) is 0. The second-order valence-electron chi connectivity index (χ2n) is 10.3. The van der Waals surface area contributed by atoms with Crippen LogP contribution in [-0.2, 0) is 19.2 Å². The van der Waals surface area contributed by atoms with Crippen LogP contribution in [-0.4, -0.2) is 137 Å². The van der Waals surface area contributed by atoms with Crippen LogP contribution in [0.5, 0.6) is 0 Å². The number of carboxylic acids is 3. The van der Waals surface area contributed by atoms with Crippen molar-refractivity contribution in [3.63, 3.8) is 0 Å². The zero-order valence-corrected chi connectivity index (χ0v) is 23.4. The van der Waals surface area contributed by atoms with Crippen molar-refractivity contribution in [2.45, 2.75) is 6.92 Å². The lowest BCUT2D eigenvalue weighted by Crippen LogP contribution is -2.49. The Bertz CT molecular complexity index is 1140. The van der Waals surface area contributed by atoms with E-state index in [0.717, 1.165) is 11.1 Å². The first kappa shape index (κ1) is 31.7. The number of anilines is 1. The molecular formula is C29H39N5O7. The van der Waals surface area contributed by atoms with Gasteiger partial charge < -0.3 is 20.6 Å². The summed E-state index contributed by atoms with van der Waals surface area (Å²) >= 11 is 0. The molecule has 222 valence electrons. The number of hydrogen-bond donors (Lipinski definition) is 4. The van der Waals surface area contributed by atoms with E-state index in [0.29, 0.717) is 58.0 Å². The Kier molecular flexibility index (Phi) is 12.2. The largest absolute Gasteiger partial charge is 0.480 e. The maximum atomic E-state index is 13.0. The second kappa shape index (κ2) is 15.8. The van der Waals surface area contributed by atoms with Crippen LogP contribution in [0.15, 0.2) is 48.5 Å². The summed E-state index contributed by atoms with van der Waals surface area (Å²) in [7, 11) is 0. The standard InChI is InChI=1S/C29H39N5O7/c1-22-2-4-23(5-3-22)24-6-8-25(9-7-24)30-26(35)18-31-10-12-32(19-27(36)37)14-16-34(21-29(40)41)17-15-33(13-11-31)20-28(38)39/h2-9H,10-21H2,1H3,(H,30,35)(H,36,37)(H,38,39)(H,40,41). The van der Waals surface area contributed by atoms with Gasteiger partial charge in [-0.05, 0) is 30.2 Å². The lowest BCUT2D eigenvalue weighted by Gasteiger charge is -2.32. The number of nitrogens with one attached hydrogen (secondary N) is 1. The number of aryl methyl sites for hydroxylation is 1. The summed E-state index contributed by atoms with van der Waals surface area (Å²) in [5, 5.41) is 30.9. The van der Waals surface area contributed by atoms with Gasteiger partial charge in [0, 0.05) is 58.0 Å². The molecule has 2 aromatic rings. The van der Waals surface area contributed by atoms with Gasteiger partial charge in [0.1, 0.15) is 0 Å². The summed E-state index contributed by atoms with van der Waals surface area (Å²) < 4.78 is 0. The van der Waals surface area contributed by atoms with E-state index in [1.54, 1.807) is 14.7 Å². The van der Waals surface area contributed by atoms with Crippen LogP contribution < -0.4 is 5.32 Å². The molecule has 1 amide bonds. The Labute approximate surface area is 239 Å². The quantitative estimate of drug-likeness (QED) is 0.325. The minimum atomic E-state index is -1.01. The molecule has 0 bridgehead atoms. The summed E-state index contributed by atoms with van der Waals surface area (Å²) in [6.45, 7) is 4.20. The molecule has 0 spiro atoms. The molecule has 0 atom stereocenters. The average Bonchev–Trinajstić information content (AvgIpc) is 2.90. The first-order valence-corrected chi connectivity index (χ1v) is 13.6. The molecular weight excluding hydrogens is 530 g/mol. The predicted molar refractivity (Wildman–Crippen MR) is 154 cm³/mol. The Morgan fingerprint density at radius 2 is 0.878 bits per heavy atom. The zero-order valence-electron chi connectivity index (χ0n) is 23.4. The van der Waals surface area contributed by atoms with Gasteiger partial charge in [0.15, 0.2) is 0 Å². The molecule has 0 saturated carbocycles. The molecule has 3 rings (SSSR count). The number of hydrogen-bond acceptors (Lipinski definition) is 8. The minimum Gasteiger partial charge on any atom is -0.480 e. The van der Waals surface area contributed by atoms with Crippen LogP contribution >= 0.6 is 0 Å². The summed E-state index contributed by atoms with van der Waals surface area (Å²) in [6, 6.07) is 15.8. The fourth-order valence-corrected chi connectivity index (χ4v) is 4.68. The van der Waals surface area contributed by atoms with Gasteiger partial charge in [0.25, 0.3) is 0 Å². The SMILES string of the molecule is Cc1ccc(-c2ccc(NC(=O)CN3CCN(CC(=O)O)CCN(CC(=O)O)CCN(CC(=O)O)CC3)cc2)cc1. The number of amides is 1. The molecule has 0 radical (unpaired) electrons. The lowest BCUT2D eigenvalue weighted by atomic mass is 10.0. The monoisotopic (exact) mass is 569 g/mol. The van der Waals surface area contributed by atoms with Crippen LogP contribution in [0.1, 0.15) is 5.56 Å². The summed E-state index contributed by atoms with van der Waals surface area (Å²) in [5.41, 5.74) is 3.94. The van der Waals surface area contributed by atoms with Crippen molar-refractivity contribution < 1.29 is 34.5 Å². The van der Waals surface area contributed by atoms with Gasteiger partial charge in [-0.15, -0.1) is 0 Å². The van der Waals surface area contributed by atoms with Gasteiger partial charge in [-0.1, -0.05) is 42.0 Å². The average molecular weight is 570 g/mol. The van der Waals surface area contributed by atoms with Crippen molar-refractivity contribution in [1.82, 2.24) is 19.6 Å². The van der Waals surface area contributed by atoms with E-state index in [9.17, 15) is 34.5 Å². The van der Waals surface area contributed by atoms with Crippen molar-refractivity contribution in [3.8, 4) is 11.1 Å². The Morgan fingerprint density at radius 3 is 1.22 bits per heavy atom. The fraction of sp³-hybridized carbons (Fsp3) is 0.448. The Morgan fingerprint density at radius 1 is 0.561 bits per heavy atom. The molecule has 1 aliphatic heterocycles. The first-order chi connectivity index (χ1) is 19.6. The first-order valence-electron chi connectivity index (χ1n) is 13.6. The molecule has 0 aromatic heterocycles. The molecule has 0 aliphatic carbocycles. The smallest absolute Gasteiger partial charge is 0.317 e. The van der Waals surface area contributed by atoms with Gasteiger partial charge in [-0.25, -0.2) is 0 Å². The van der Waals surface area contributed by atoms with Crippen LogP contribution in [0.3, 0.4) is 0 Å². The number of rotatable bonds is 10. The van der Waals surface area contributed by atoms with E-state index >= 15 is 0 Å². The van der Waals surface area contributed by atoms with Gasteiger partial charge in [-0.3, -0.25) is 38.8 Å². The molecule has 1 heterocycles. The van der Waals surface area contributed by atoms with E-state index in [-0.39, 0.29) is 32.1 Å². The number of benzene rings is 2. The summed E-state index contributed by atoms with van der Waals surface area (Å²) in [5.74, 6) is -3.23. The highest BCUT2D eigenvalue weighted by Crippen LogP contribution is 2.22. The molecule has 12 heteroatoms. The van der Waals surface area contributed by atoms with Crippen LogP contribution in [0.4, 0.5) is 5.69 Å². The second-order valence-corrected chi connectivity index (χ2v) is 10.3. The fourth-order valence-electron chi connectivity index (χ4n) is 4.68. The van der Waals surface area contributed by atoms with Gasteiger partial charge in [0.05, 0.1) is 26.2 Å². The normalized spacial score (nSPS) is 16.8. The van der Waals surface area contributed by atoms with Gasteiger partial charge in [0.2, 0.25) is 5.91 Å². The number of nitrogens with zero attached hydrogens (tertiary/aromatic N) is 4. The Balaban J connectivity index is 1.67. The van der Waals surface area contributed by atoms with Gasteiger partial charge >= 0.3 is 17.9 Å². The number of aliphatic carboxylic acids is 3. The number of carboxylic acid groups (broad SMARTS) is 3. The number of carbonyl (C=O) groups excluding carboxylic acids is 1. The van der Waals surface area contributed by atoms with E-state index in [2.05, 4.69) is 5.32 Å². The molecule has 12 nitrogen and oxygen atoms in total. The van der Waals surface area contributed by atoms with Crippen molar-refractivity contribution >= 4 is 29.5 Å². The summed E-state index contributed by atoms with van der Waals surface area (Å²) in [4.78, 5) is 54.2. The molecule has 2 aromatic carbocycles. The third-order valence-electron chi connectivity index (χ3n) is 6.93. The lowest BCUT2D eigenvalue weighted by molar-refractivity contribution is -0.140. The van der Waals surface area contributed by atoms with Gasteiger partial charge in [-0.2, -0.15) is 0 Å². The Hall–Kier alpha value is -3.84. The van der Waals surface area contributed by atoms with Crippen molar-refractivity contribution in [3.05, 3.63) is 54.1 Å². The maximum Gasteiger partial charge on any atom is 0.317 e. The van der Waals surface area contributed by atoms with Crippen molar-refractivity contribution in [2.24, 2.45) is 0 Å². The molecule has 4 N–H and O–H groups in total. The highest BCUT2D eigenvalue weighted by Gasteiger charge is 2.21. The van der Waals surface area contributed by atoms with Crippen LogP contribution in [0.25, 0.3) is 11.1 Å². The molecule has 0 unspecified atom stereocenters. The maximum absolute atomic E-state index is 13.0. The predicted octanol–water partition coefficient (Wildman–Crippen LogP) is 1.08. The highest BCUT2D eigenvalue weighted by molar-refractivity contribution is 5.92. The highest BCUT2D eigenvalue weighted by atomic mass is 16.4. The molecule has 41 heavy (non-hydrogen) atoms. The zero-order chi connectivity index (χ0) is 29.8. The van der Waals surface area contributed by atoms with Crippen molar-refractivity contribution in [2.75, 3.05) is 83.9 Å². The van der Waals surface area contributed by atoms with Crippen LogP contribution in [0, 0.1) is 6.92 Å². The minimum absolute atomic E-state index is 0.0483. The topological polar surface area (TPSA) is 154 Å². The number of carbonyl (C=O) groups is 4. The third-order valence-corrected chi connectivity index (χ3v) is 6.93. The molecule has 1 fully saturated rings. The van der Waals surface area contributed by atoms with E-state index < -0.39 is 17.9 Å². The van der Waals surface area contributed by atoms with Crippen molar-refractivity contribution in [1.29, 1.82) is 0 Å². The molecule has 1 saturated heterocycles. The van der Waals surface area contributed by atoms with E-state index in [4.69, 9.17) is 0 Å². The van der Waals surface area contributed by atoms with E-state index in [1.807, 2.05) is 60.4 Å². The molecule has 1 aliphatic rings.